The summed E-state index contributed by atoms with van der Waals surface area (Å²) in [6, 6.07) is -0.218. The fraction of sp³-hybridized carbons (Fsp3) is 1.00. The summed E-state index contributed by atoms with van der Waals surface area (Å²) in [5.41, 5.74) is 5.31. The van der Waals surface area contributed by atoms with E-state index in [1.54, 1.807) is 14.0 Å². The first-order chi connectivity index (χ1) is 5.94. The van der Waals surface area contributed by atoms with Crippen LogP contribution in [-0.2, 0) is 10.2 Å². The molecule has 0 saturated carbocycles. The first-order valence-electron chi connectivity index (χ1n) is 4.37. The minimum absolute atomic E-state index is 0.218. The molecule has 0 aromatic heterocycles. The van der Waals surface area contributed by atoms with Gasteiger partial charge >= 0.3 is 0 Å². The van der Waals surface area contributed by atoms with Gasteiger partial charge in [0, 0.05) is 26.2 Å². The molecule has 0 unspecified atom stereocenters. The lowest BCUT2D eigenvalue weighted by molar-refractivity contribution is 0.449. The Morgan fingerprint density at radius 1 is 1.54 bits per heavy atom. The Morgan fingerprint density at radius 3 is 2.46 bits per heavy atom. The second-order valence-corrected chi connectivity index (χ2v) is 4.89. The number of nitrogens with one attached hydrogen (secondary N) is 1. The molecule has 80 valence electrons. The van der Waals surface area contributed by atoms with Gasteiger partial charge in [-0.25, -0.2) is 0 Å². The van der Waals surface area contributed by atoms with Gasteiger partial charge < -0.3 is 5.73 Å². The molecular weight excluding hydrogens is 190 g/mol. The first kappa shape index (κ1) is 12.8. The largest absolute Gasteiger partial charge is 0.329 e. The van der Waals surface area contributed by atoms with Crippen molar-refractivity contribution in [1.82, 2.24) is 9.03 Å². The monoisotopic (exact) mass is 209 g/mol. The van der Waals surface area contributed by atoms with Crippen molar-refractivity contribution in [3.8, 4) is 0 Å². The lowest BCUT2D eigenvalue weighted by Crippen LogP contribution is -2.45. The highest BCUT2D eigenvalue weighted by Crippen LogP contribution is 1.96. The van der Waals surface area contributed by atoms with Gasteiger partial charge in [-0.3, -0.25) is 0 Å². The van der Waals surface area contributed by atoms with Crippen molar-refractivity contribution in [3.63, 3.8) is 0 Å². The van der Waals surface area contributed by atoms with Crippen LogP contribution in [0.4, 0.5) is 0 Å². The fourth-order valence-corrected chi connectivity index (χ4v) is 2.03. The molecule has 1 atom stereocenters. The molecule has 13 heavy (non-hydrogen) atoms. The maximum Gasteiger partial charge on any atom is 0.279 e. The Labute approximate surface area is 80.5 Å². The molecule has 0 aliphatic rings. The minimum atomic E-state index is -3.33. The van der Waals surface area contributed by atoms with Crippen molar-refractivity contribution in [3.05, 3.63) is 0 Å². The average molecular weight is 209 g/mol. The van der Waals surface area contributed by atoms with E-state index in [0.29, 0.717) is 13.1 Å². The third-order valence-electron chi connectivity index (χ3n) is 1.65. The Balaban J connectivity index is 4.23. The molecule has 0 spiro atoms. The second-order valence-electron chi connectivity index (χ2n) is 3.08. The van der Waals surface area contributed by atoms with Crippen molar-refractivity contribution >= 4 is 10.2 Å². The van der Waals surface area contributed by atoms with E-state index in [2.05, 4.69) is 4.72 Å². The summed E-state index contributed by atoms with van der Waals surface area (Å²) < 4.78 is 26.7. The van der Waals surface area contributed by atoms with Crippen LogP contribution in [0, 0.1) is 0 Å². The van der Waals surface area contributed by atoms with Crippen molar-refractivity contribution in [2.24, 2.45) is 5.73 Å². The third kappa shape index (κ3) is 4.56. The third-order valence-corrected chi connectivity index (χ3v) is 3.36. The lowest BCUT2D eigenvalue weighted by atomic mass is 10.4. The van der Waals surface area contributed by atoms with Crippen LogP contribution >= 0.6 is 0 Å². The van der Waals surface area contributed by atoms with Crippen LogP contribution in [0.2, 0.25) is 0 Å². The average Bonchev–Trinajstić information content (AvgIpc) is 2.04. The summed E-state index contributed by atoms with van der Waals surface area (Å²) in [6.45, 7) is 4.49. The van der Waals surface area contributed by atoms with Crippen molar-refractivity contribution < 1.29 is 8.42 Å². The van der Waals surface area contributed by atoms with Crippen LogP contribution in [-0.4, -0.2) is 38.9 Å². The zero-order chi connectivity index (χ0) is 10.5. The Kier molecular flexibility index (Phi) is 5.46. The second kappa shape index (κ2) is 5.54. The molecule has 0 aromatic rings. The van der Waals surface area contributed by atoms with Gasteiger partial charge in [-0.15, -0.1) is 0 Å². The molecule has 6 heteroatoms. The number of nitrogens with zero attached hydrogens (tertiary/aromatic N) is 1. The summed E-state index contributed by atoms with van der Waals surface area (Å²) >= 11 is 0. The first-order valence-corrected chi connectivity index (χ1v) is 5.81. The van der Waals surface area contributed by atoms with E-state index >= 15 is 0 Å². The molecule has 0 aromatic carbocycles. The molecule has 0 fully saturated rings. The number of hydrogen-bond acceptors (Lipinski definition) is 3. The standard InChI is InChI=1S/C7H19N3O2S/c1-4-5-10(3)13(11,12)9-7(2)6-8/h7,9H,4-6,8H2,1-3H3/t7-/m0/s1. The van der Waals surface area contributed by atoms with Crippen molar-refractivity contribution in [2.75, 3.05) is 20.1 Å². The fourth-order valence-electron chi connectivity index (χ4n) is 0.827. The lowest BCUT2D eigenvalue weighted by Gasteiger charge is -2.19. The van der Waals surface area contributed by atoms with Gasteiger partial charge in [0.15, 0.2) is 0 Å². The summed E-state index contributed by atoms with van der Waals surface area (Å²) in [7, 11) is -1.78. The van der Waals surface area contributed by atoms with Crippen LogP contribution in [0.25, 0.3) is 0 Å². The molecule has 5 nitrogen and oxygen atoms in total. The summed E-state index contributed by atoms with van der Waals surface area (Å²) in [5, 5.41) is 0. The Bertz CT molecular complexity index is 228. The highest BCUT2D eigenvalue weighted by atomic mass is 32.2. The predicted octanol–water partition coefficient (Wildman–Crippen LogP) is -0.490. The van der Waals surface area contributed by atoms with E-state index in [-0.39, 0.29) is 6.04 Å². The van der Waals surface area contributed by atoms with Gasteiger partial charge in [-0.1, -0.05) is 6.92 Å². The van der Waals surface area contributed by atoms with E-state index in [1.807, 2.05) is 6.92 Å². The van der Waals surface area contributed by atoms with Gasteiger partial charge in [0.2, 0.25) is 0 Å². The molecule has 0 saturated heterocycles. The van der Waals surface area contributed by atoms with Crippen molar-refractivity contribution in [1.29, 1.82) is 0 Å². The van der Waals surface area contributed by atoms with E-state index < -0.39 is 10.2 Å². The highest BCUT2D eigenvalue weighted by Gasteiger charge is 2.18. The van der Waals surface area contributed by atoms with E-state index in [0.717, 1.165) is 6.42 Å². The summed E-state index contributed by atoms with van der Waals surface area (Å²) in [4.78, 5) is 0. The normalized spacial score (nSPS) is 14.8. The molecule has 0 heterocycles. The molecular formula is C7H19N3O2S. The summed E-state index contributed by atoms with van der Waals surface area (Å²) in [5.74, 6) is 0. The molecule has 0 rings (SSSR count). The molecule has 3 N–H and O–H groups in total. The van der Waals surface area contributed by atoms with Gasteiger partial charge in [-0.05, 0) is 13.3 Å². The van der Waals surface area contributed by atoms with Crippen LogP contribution in [0.3, 0.4) is 0 Å². The maximum atomic E-state index is 11.4. The number of nitrogens with two attached hydrogens (primary N) is 1. The minimum Gasteiger partial charge on any atom is -0.329 e. The van der Waals surface area contributed by atoms with E-state index in [1.165, 1.54) is 4.31 Å². The SMILES string of the molecule is CCCN(C)S(=O)(=O)N[C@@H](C)CN. The van der Waals surface area contributed by atoms with Gasteiger partial charge in [0.25, 0.3) is 10.2 Å². The topological polar surface area (TPSA) is 75.4 Å². The smallest absolute Gasteiger partial charge is 0.279 e. The quantitative estimate of drug-likeness (QED) is 0.620. The zero-order valence-corrected chi connectivity index (χ0v) is 9.26. The Hall–Kier alpha value is -0.170. The number of rotatable bonds is 6. The van der Waals surface area contributed by atoms with Crippen molar-refractivity contribution in [2.45, 2.75) is 26.3 Å². The van der Waals surface area contributed by atoms with Gasteiger partial charge in [0.1, 0.15) is 0 Å². The highest BCUT2D eigenvalue weighted by molar-refractivity contribution is 7.87. The van der Waals surface area contributed by atoms with Gasteiger partial charge in [0.05, 0.1) is 0 Å². The zero-order valence-electron chi connectivity index (χ0n) is 8.45. The summed E-state index contributed by atoms with van der Waals surface area (Å²) in [6.07, 6.45) is 0.800. The van der Waals surface area contributed by atoms with Crippen LogP contribution in [0.1, 0.15) is 20.3 Å². The van der Waals surface area contributed by atoms with Crippen LogP contribution in [0.5, 0.6) is 0 Å². The van der Waals surface area contributed by atoms with Crippen LogP contribution < -0.4 is 10.5 Å². The van der Waals surface area contributed by atoms with Crippen LogP contribution in [0.15, 0.2) is 0 Å². The number of hydrogen-bond donors (Lipinski definition) is 2. The molecule has 0 bridgehead atoms. The molecule has 0 aliphatic carbocycles. The predicted molar refractivity (Wildman–Crippen MR) is 53.5 cm³/mol. The maximum absolute atomic E-state index is 11.4. The molecule has 0 radical (unpaired) electrons. The van der Waals surface area contributed by atoms with E-state index in [9.17, 15) is 8.42 Å². The Morgan fingerprint density at radius 2 is 2.08 bits per heavy atom. The van der Waals surface area contributed by atoms with Gasteiger partial charge in [-0.2, -0.15) is 17.4 Å². The molecule has 0 amide bonds. The molecule has 0 aliphatic heterocycles. The van der Waals surface area contributed by atoms with E-state index in [4.69, 9.17) is 5.73 Å².